The number of aromatic nitrogens is 2. The number of primary amides is 1. The first kappa shape index (κ1) is 9.96. The number of nitro groups is 1. The van der Waals surface area contributed by atoms with Crippen LogP contribution < -0.4 is 5.73 Å². The minimum atomic E-state index is -0.883. The molecule has 0 aliphatic carbocycles. The predicted octanol–water partition coefficient (Wildman–Crippen LogP) is -0.113. The van der Waals surface area contributed by atoms with Gasteiger partial charge in [0.15, 0.2) is 0 Å². The van der Waals surface area contributed by atoms with E-state index in [-0.39, 0.29) is 18.8 Å². The summed E-state index contributed by atoms with van der Waals surface area (Å²) in [5, 5.41) is 13.9. The van der Waals surface area contributed by atoms with Gasteiger partial charge in [0.05, 0.1) is 11.5 Å². The van der Waals surface area contributed by atoms with Gasteiger partial charge in [-0.2, -0.15) is 5.10 Å². The van der Waals surface area contributed by atoms with E-state index in [0.29, 0.717) is 0 Å². The highest BCUT2D eigenvalue weighted by Crippen LogP contribution is 2.07. The highest BCUT2D eigenvalue weighted by Gasteiger charge is 2.08. The molecule has 0 aliphatic heterocycles. The lowest BCUT2D eigenvalue weighted by molar-refractivity contribution is -0.385. The Morgan fingerprint density at radius 3 is 3.00 bits per heavy atom. The monoisotopic (exact) mass is 200 g/mol. The Bertz CT molecular complexity index is 347. The number of nitrogens with zero attached hydrogens (tertiary/aromatic N) is 3. The van der Waals surface area contributed by atoms with Crippen LogP contribution in [-0.2, 0) is 11.3 Å². The van der Waals surface area contributed by atoms with Crippen molar-refractivity contribution in [3.05, 3.63) is 22.5 Å². The number of carbonyl (C=O) groups is 1. The van der Waals surface area contributed by atoms with Crippen LogP contribution in [0.2, 0.25) is 0 Å². The average molecular weight is 200 g/mol. The number of carbonyl (C=O) groups excluding carboxylic acids is 1. The summed E-state index contributed by atoms with van der Waals surface area (Å²) in [4.78, 5) is 19.9. The lowest BCUT2D eigenvalue weighted by Gasteiger charge is -2.00. The number of rotatable bonds is 4. The lowest BCUT2D eigenvalue weighted by Crippen LogP contribution is -2.16. The fraction of sp³-hybridized carbons (Fsp3) is 0.333. The lowest BCUT2D eigenvalue weighted by atomic mass is 10.6. The van der Waals surface area contributed by atoms with Crippen molar-refractivity contribution in [2.45, 2.75) is 6.54 Å². The van der Waals surface area contributed by atoms with Gasteiger partial charge in [-0.3, -0.25) is 14.8 Å². The molecule has 2 N–H and O–H groups in total. The molecule has 0 spiro atoms. The van der Waals surface area contributed by atoms with Crippen molar-refractivity contribution in [2.75, 3.05) is 6.61 Å². The molecule has 0 saturated carbocycles. The number of ether oxygens (including phenoxy) is 1. The first-order valence-electron chi connectivity index (χ1n) is 3.68. The van der Waals surface area contributed by atoms with Gasteiger partial charge in [-0.25, -0.2) is 4.79 Å². The summed E-state index contributed by atoms with van der Waals surface area (Å²) in [6, 6.07) is 0. The van der Waals surface area contributed by atoms with Gasteiger partial charge < -0.3 is 10.5 Å². The highest BCUT2D eigenvalue weighted by molar-refractivity contribution is 5.64. The van der Waals surface area contributed by atoms with Gasteiger partial charge in [-0.15, -0.1) is 0 Å². The normalized spacial score (nSPS) is 9.71. The van der Waals surface area contributed by atoms with E-state index in [9.17, 15) is 14.9 Å². The summed E-state index contributed by atoms with van der Waals surface area (Å²) >= 11 is 0. The average Bonchev–Trinajstić information content (AvgIpc) is 2.52. The highest BCUT2D eigenvalue weighted by atomic mass is 16.6. The second-order valence-electron chi connectivity index (χ2n) is 2.39. The van der Waals surface area contributed by atoms with Crippen molar-refractivity contribution < 1.29 is 14.5 Å². The molecule has 1 rings (SSSR count). The van der Waals surface area contributed by atoms with Gasteiger partial charge in [0.2, 0.25) is 0 Å². The number of hydrogen-bond acceptors (Lipinski definition) is 5. The summed E-state index contributed by atoms with van der Waals surface area (Å²) in [6.07, 6.45) is 1.47. The smallest absolute Gasteiger partial charge is 0.404 e. The molecule has 0 bridgehead atoms. The summed E-state index contributed by atoms with van der Waals surface area (Å²) in [7, 11) is 0. The Labute approximate surface area is 78.4 Å². The molecule has 0 radical (unpaired) electrons. The standard InChI is InChI=1S/C6H8N4O4/c7-6(11)14-2-1-9-4-5(3-8-9)10(12)13/h3-4H,1-2H2,(H2,7,11). The molecule has 1 heterocycles. The fourth-order valence-corrected chi connectivity index (χ4v) is 0.809. The van der Waals surface area contributed by atoms with Crippen LogP contribution in [0.1, 0.15) is 0 Å². The van der Waals surface area contributed by atoms with Crippen LogP contribution in [0.4, 0.5) is 10.5 Å². The van der Waals surface area contributed by atoms with Crippen LogP contribution in [0.3, 0.4) is 0 Å². The topological polar surface area (TPSA) is 113 Å². The van der Waals surface area contributed by atoms with Crippen LogP contribution in [-0.4, -0.2) is 27.4 Å². The van der Waals surface area contributed by atoms with Gasteiger partial charge in [-0.1, -0.05) is 0 Å². The largest absolute Gasteiger partial charge is 0.448 e. The zero-order valence-corrected chi connectivity index (χ0v) is 7.12. The van der Waals surface area contributed by atoms with Crippen LogP contribution in [0, 0.1) is 10.1 Å². The van der Waals surface area contributed by atoms with Gasteiger partial charge in [0.25, 0.3) is 0 Å². The van der Waals surface area contributed by atoms with E-state index in [2.05, 4.69) is 9.84 Å². The third-order valence-electron chi connectivity index (χ3n) is 1.40. The molecule has 0 aromatic carbocycles. The zero-order valence-electron chi connectivity index (χ0n) is 7.12. The van der Waals surface area contributed by atoms with Crippen molar-refractivity contribution >= 4 is 11.8 Å². The Kier molecular flexibility index (Phi) is 3.00. The third-order valence-corrected chi connectivity index (χ3v) is 1.40. The molecule has 1 aromatic heterocycles. The molecule has 14 heavy (non-hydrogen) atoms. The molecular weight excluding hydrogens is 192 g/mol. The van der Waals surface area contributed by atoms with Gasteiger partial charge >= 0.3 is 11.8 Å². The maximum atomic E-state index is 10.2. The Morgan fingerprint density at radius 2 is 2.50 bits per heavy atom. The van der Waals surface area contributed by atoms with Crippen LogP contribution >= 0.6 is 0 Å². The second-order valence-corrected chi connectivity index (χ2v) is 2.39. The summed E-state index contributed by atoms with van der Waals surface area (Å²) in [5.41, 5.74) is 4.60. The molecule has 0 fully saturated rings. The van der Waals surface area contributed by atoms with Gasteiger partial charge in [0, 0.05) is 0 Å². The SMILES string of the molecule is NC(=O)OCCn1cc([N+](=O)[O-])cn1. The van der Waals surface area contributed by atoms with Crippen LogP contribution in [0.25, 0.3) is 0 Å². The maximum Gasteiger partial charge on any atom is 0.404 e. The van der Waals surface area contributed by atoms with Gasteiger partial charge in [-0.05, 0) is 0 Å². The number of nitrogens with two attached hydrogens (primary N) is 1. The Morgan fingerprint density at radius 1 is 1.79 bits per heavy atom. The van der Waals surface area contributed by atoms with Crippen molar-refractivity contribution in [3.8, 4) is 0 Å². The molecule has 0 unspecified atom stereocenters. The molecule has 0 aliphatic rings. The first-order chi connectivity index (χ1) is 6.59. The molecule has 0 atom stereocenters. The maximum absolute atomic E-state index is 10.2. The molecule has 1 aromatic rings. The van der Waals surface area contributed by atoms with E-state index < -0.39 is 11.0 Å². The molecule has 8 nitrogen and oxygen atoms in total. The minimum Gasteiger partial charge on any atom is -0.448 e. The van der Waals surface area contributed by atoms with Crippen molar-refractivity contribution in [3.63, 3.8) is 0 Å². The third kappa shape index (κ3) is 2.73. The summed E-state index contributed by atoms with van der Waals surface area (Å²) in [6.45, 7) is 0.269. The zero-order chi connectivity index (χ0) is 10.6. The van der Waals surface area contributed by atoms with E-state index in [1.807, 2.05) is 0 Å². The van der Waals surface area contributed by atoms with E-state index in [1.54, 1.807) is 0 Å². The Balaban J connectivity index is 2.44. The van der Waals surface area contributed by atoms with E-state index in [0.717, 1.165) is 6.20 Å². The van der Waals surface area contributed by atoms with E-state index in [1.165, 1.54) is 10.9 Å². The molecule has 0 saturated heterocycles. The second kappa shape index (κ2) is 4.21. The first-order valence-corrected chi connectivity index (χ1v) is 3.68. The molecular formula is C6H8N4O4. The van der Waals surface area contributed by atoms with Gasteiger partial charge in [0.1, 0.15) is 19.0 Å². The van der Waals surface area contributed by atoms with Crippen molar-refractivity contribution in [1.82, 2.24) is 9.78 Å². The fourth-order valence-electron chi connectivity index (χ4n) is 0.809. The predicted molar refractivity (Wildman–Crippen MR) is 44.4 cm³/mol. The van der Waals surface area contributed by atoms with Crippen LogP contribution in [0.15, 0.2) is 12.4 Å². The summed E-state index contributed by atoms with van der Waals surface area (Å²) < 4.78 is 5.72. The Hall–Kier alpha value is -2.12. The van der Waals surface area contributed by atoms with Crippen LogP contribution in [0.5, 0.6) is 0 Å². The molecule has 1 amide bonds. The molecule has 8 heteroatoms. The van der Waals surface area contributed by atoms with Crippen molar-refractivity contribution in [1.29, 1.82) is 0 Å². The van der Waals surface area contributed by atoms with E-state index in [4.69, 9.17) is 5.73 Å². The van der Waals surface area contributed by atoms with E-state index >= 15 is 0 Å². The number of hydrogen-bond donors (Lipinski definition) is 1. The van der Waals surface area contributed by atoms with Crippen molar-refractivity contribution in [2.24, 2.45) is 5.73 Å². The number of amides is 1. The molecule has 76 valence electrons. The summed E-state index contributed by atoms with van der Waals surface area (Å²) in [5.74, 6) is 0. The minimum absolute atomic E-state index is 0.0359. The quantitative estimate of drug-likeness (QED) is 0.537.